The number of ether oxygens (including phenoxy) is 1. The number of thioether (sulfide) groups is 1. The van der Waals surface area contributed by atoms with E-state index >= 15 is 0 Å². The summed E-state index contributed by atoms with van der Waals surface area (Å²) in [5, 5.41) is 13.4. The number of rotatable bonds is 9. The van der Waals surface area contributed by atoms with Gasteiger partial charge in [0.15, 0.2) is 5.82 Å². The molecule has 0 fully saturated rings. The standard InChI is InChI=1S/C23H28N6O3S/c1-15(2)18-10-9-16(3)11-19(18)32-13-20-27-28-23(29(20)24)33-14-21(30)26-22(31)25-12-17-7-5-4-6-8-17/h4-11,15H,12-14,24H2,1-3H3,(H2,25,26,30,31). The Hall–Kier alpha value is -3.53. The topological polar surface area (TPSA) is 124 Å². The Bertz CT molecular complexity index is 1100. The largest absolute Gasteiger partial charge is 0.485 e. The van der Waals surface area contributed by atoms with Crippen molar-refractivity contribution in [2.24, 2.45) is 0 Å². The van der Waals surface area contributed by atoms with Gasteiger partial charge >= 0.3 is 6.03 Å². The number of amides is 3. The summed E-state index contributed by atoms with van der Waals surface area (Å²) in [6.07, 6.45) is 0. The number of hydrogen-bond donors (Lipinski definition) is 3. The number of nitrogen functional groups attached to an aromatic ring is 1. The lowest BCUT2D eigenvalue weighted by Crippen LogP contribution is -2.40. The number of hydrogen-bond acceptors (Lipinski definition) is 7. The van der Waals surface area contributed by atoms with Crippen LogP contribution in [-0.4, -0.2) is 32.6 Å². The summed E-state index contributed by atoms with van der Waals surface area (Å²) >= 11 is 1.08. The van der Waals surface area contributed by atoms with Gasteiger partial charge in [-0.05, 0) is 35.6 Å². The third-order valence-corrected chi connectivity index (χ3v) is 5.71. The predicted molar refractivity (Wildman–Crippen MR) is 127 cm³/mol. The van der Waals surface area contributed by atoms with Gasteiger partial charge in [0.1, 0.15) is 12.4 Å². The van der Waals surface area contributed by atoms with E-state index in [2.05, 4.69) is 46.8 Å². The number of aryl methyl sites for hydroxylation is 1. The Labute approximate surface area is 197 Å². The molecule has 10 heteroatoms. The molecule has 0 aliphatic rings. The number of nitrogens with one attached hydrogen (secondary N) is 2. The van der Waals surface area contributed by atoms with Crippen LogP contribution in [0.4, 0.5) is 4.79 Å². The fraction of sp³-hybridized carbons (Fsp3) is 0.304. The second-order valence-corrected chi connectivity index (χ2v) is 8.70. The number of nitrogens with zero attached hydrogens (tertiary/aromatic N) is 3. The molecular formula is C23H28N6O3S. The van der Waals surface area contributed by atoms with Gasteiger partial charge in [0, 0.05) is 6.54 Å². The fourth-order valence-corrected chi connectivity index (χ4v) is 3.68. The van der Waals surface area contributed by atoms with Crippen LogP contribution in [-0.2, 0) is 17.9 Å². The van der Waals surface area contributed by atoms with E-state index in [1.165, 1.54) is 4.68 Å². The first-order chi connectivity index (χ1) is 15.8. The Kier molecular flexibility index (Phi) is 8.31. The molecule has 33 heavy (non-hydrogen) atoms. The molecule has 0 atom stereocenters. The second-order valence-electron chi connectivity index (χ2n) is 7.76. The molecule has 3 rings (SSSR count). The maximum atomic E-state index is 12.1. The van der Waals surface area contributed by atoms with Gasteiger partial charge in [0.05, 0.1) is 5.75 Å². The lowest BCUT2D eigenvalue weighted by molar-refractivity contribution is -0.117. The summed E-state index contributed by atoms with van der Waals surface area (Å²) in [5.74, 6) is 7.09. The first kappa shape index (κ1) is 24.1. The van der Waals surface area contributed by atoms with Crippen molar-refractivity contribution < 1.29 is 14.3 Å². The first-order valence-corrected chi connectivity index (χ1v) is 11.5. The van der Waals surface area contributed by atoms with Crippen molar-refractivity contribution in [3.63, 3.8) is 0 Å². The lowest BCUT2D eigenvalue weighted by Gasteiger charge is -2.14. The maximum absolute atomic E-state index is 12.1. The second kappa shape index (κ2) is 11.4. The van der Waals surface area contributed by atoms with Gasteiger partial charge in [0.2, 0.25) is 11.1 Å². The van der Waals surface area contributed by atoms with E-state index in [9.17, 15) is 9.59 Å². The van der Waals surface area contributed by atoms with Gasteiger partial charge in [0.25, 0.3) is 0 Å². The van der Waals surface area contributed by atoms with Crippen LogP contribution in [0.25, 0.3) is 0 Å². The molecule has 0 saturated carbocycles. The molecule has 0 radical (unpaired) electrons. The molecule has 3 aromatic rings. The summed E-state index contributed by atoms with van der Waals surface area (Å²) in [6, 6.07) is 14.9. The number of carbonyl (C=O) groups is 2. The molecule has 1 heterocycles. The molecule has 0 unspecified atom stereocenters. The van der Waals surface area contributed by atoms with E-state index in [1.807, 2.05) is 43.3 Å². The molecule has 1 aromatic heterocycles. The van der Waals surface area contributed by atoms with Crippen LogP contribution in [0.1, 0.15) is 42.3 Å². The van der Waals surface area contributed by atoms with Gasteiger partial charge in [-0.2, -0.15) is 0 Å². The third kappa shape index (κ3) is 6.98. The van der Waals surface area contributed by atoms with Gasteiger partial charge in [-0.3, -0.25) is 10.1 Å². The van der Waals surface area contributed by atoms with E-state index in [1.54, 1.807) is 0 Å². The van der Waals surface area contributed by atoms with Gasteiger partial charge in [-0.1, -0.05) is 68.1 Å². The van der Waals surface area contributed by atoms with Crippen LogP contribution in [0.15, 0.2) is 53.7 Å². The summed E-state index contributed by atoms with van der Waals surface area (Å²) in [5.41, 5.74) is 3.13. The molecule has 0 aliphatic heterocycles. The average molecular weight is 469 g/mol. The van der Waals surface area contributed by atoms with E-state index in [-0.39, 0.29) is 12.4 Å². The Balaban J connectivity index is 1.48. The Morgan fingerprint density at radius 3 is 2.64 bits per heavy atom. The summed E-state index contributed by atoms with van der Waals surface area (Å²) in [7, 11) is 0. The van der Waals surface area contributed by atoms with Crippen molar-refractivity contribution in [1.82, 2.24) is 25.5 Å². The molecule has 0 bridgehead atoms. The van der Waals surface area contributed by atoms with Crippen LogP contribution in [0, 0.1) is 6.92 Å². The van der Waals surface area contributed by atoms with Gasteiger partial charge in [-0.15, -0.1) is 10.2 Å². The van der Waals surface area contributed by atoms with Crippen LogP contribution in [0.2, 0.25) is 0 Å². The Morgan fingerprint density at radius 2 is 1.91 bits per heavy atom. The van der Waals surface area contributed by atoms with E-state index in [0.29, 0.717) is 23.4 Å². The zero-order chi connectivity index (χ0) is 23.8. The van der Waals surface area contributed by atoms with Crippen molar-refractivity contribution in [3.05, 3.63) is 71.0 Å². The minimum Gasteiger partial charge on any atom is -0.485 e. The van der Waals surface area contributed by atoms with Crippen LogP contribution in [0.5, 0.6) is 5.75 Å². The number of urea groups is 1. The lowest BCUT2D eigenvalue weighted by atomic mass is 10.0. The van der Waals surface area contributed by atoms with Crippen LogP contribution < -0.4 is 21.2 Å². The number of imide groups is 1. The number of aromatic nitrogens is 3. The highest BCUT2D eigenvalue weighted by atomic mass is 32.2. The molecule has 0 saturated heterocycles. The monoisotopic (exact) mass is 468 g/mol. The molecule has 2 aromatic carbocycles. The third-order valence-electron chi connectivity index (χ3n) is 4.76. The number of nitrogens with two attached hydrogens (primary N) is 1. The average Bonchev–Trinajstić information content (AvgIpc) is 3.14. The summed E-state index contributed by atoms with van der Waals surface area (Å²) in [4.78, 5) is 24.0. The number of benzene rings is 2. The fourth-order valence-electron chi connectivity index (χ4n) is 3.01. The molecule has 174 valence electrons. The number of carbonyl (C=O) groups excluding carboxylic acids is 2. The highest BCUT2D eigenvalue weighted by molar-refractivity contribution is 7.99. The van der Waals surface area contributed by atoms with Crippen LogP contribution >= 0.6 is 11.8 Å². The molecule has 3 amide bonds. The molecule has 0 spiro atoms. The van der Waals surface area contributed by atoms with Gasteiger partial charge < -0.3 is 15.9 Å². The minimum absolute atomic E-state index is 0.0374. The minimum atomic E-state index is -0.563. The van der Waals surface area contributed by atoms with E-state index < -0.39 is 11.9 Å². The quantitative estimate of drug-likeness (QED) is 0.325. The Morgan fingerprint density at radius 1 is 1.15 bits per heavy atom. The molecule has 4 N–H and O–H groups in total. The predicted octanol–water partition coefficient (Wildman–Crippen LogP) is 3.12. The van der Waals surface area contributed by atoms with Crippen molar-refractivity contribution in [3.8, 4) is 5.75 Å². The molecular weight excluding hydrogens is 440 g/mol. The van der Waals surface area contributed by atoms with Crippen LogP contribution in [0.3, 0.4) is 0 Å². The maximum Gasteiger partial charge on any atom is 0.321 e. The molecule has 0 aliphatic carbocycles. The van der Waals surface area contributed by atoms with E-state index in [4.69, 9.17) is 10.6 Å². The van der Waals surface area contributed by atoms with Crippen molar-refractivity contribution in [2.75, 3.05) is 11.6 Å². The van der Waals surface area contributed by atoms with Gasteiger partial charge in [-0.25, -0.2) is 9.47 Å². The zero-order valence-electron chi connectivity index (χ0n) is 18.9. The molecule has 9 nitrogen and oxygen atoms in total. The zero-order valence-corrected chi connectivity index (χ0v) is 19.7. The van der Waals surface area contributed by atoms with Crippen molar-refractivity contribution >= 4 is 23.7 Å². The summed E-state index contributed by atoms with van der Waals surface area (Å²) in [6.45, 7) is 6.67. The normalized spacial score (nSPS) is 10.8. The highest BCUT2D eigenvalue weighted by Crippen LogP contribution is 2.28. The summed E-state index contributed by atoms with van der Waals surface area (Å²) < 4.78 is 7.25. The SMILES string of the molecule is Cc1ccc(C(C)C)c(OCc2nnc(SCC(=O)NC(=O)NCc3ccccc3)n2N)c1. The van der Waals surface area contributed by atoms with Crippen molar-refractivity contribution in [1.29, 1.82) is 0 Å². The first-order valence-electron chi connectivity index (χ1n) is 10.5. The smallest absolute Gasteiger partial charge is 0.321 e. The van der Waals surface area contributed by atoms with E-state index in [0.717, 1.165) is 34.2 Å². The van der Waals surface area contributed by atoms with Crippen molar-refractivity contribution in [2.45, 2.75) is 45.0 Å². The highest BCUT2D eigenvalue weighted by Gasteiger charge is 2.15.